The minimum atomic E-state index is -4.50. The first-order chi connectivity index (χ1) is 12.8. The van der Waals surface area contributed by atoms with Crippen LogP contribution in [0.15, 0.2) is 24.0 Å². The van der Waals surface area contributed by atoms with E-state index in [1.807, 2.05) is 0 Å². The standard InChI is InChI=1S/C16H19F3N6O2/c1-9-6-12(16(17,18)19)20-7-11(9)25-8-10-13(23-25)21-15(22-14(10)26)24-2-4-27-5-3-24/h6-8,13,15,21,23H,2-5H2,1H3,(H,22,26). The second-order valence-corrected chi connectivity index (χ2v) is 6.56. The molecule has 27 heavy (non-hydrogen) atoms. The Morgan fingerprint density at radius 2 is 2.04 bits per heavy atom. The van der Waals surface area contributed by atoms with Gasteiger partial charge in [0.25, 0.3) is 5.91 Å². The Balaban J connectivity index is 1.52. The number of carbonyl (C=O) groups is 1. The highest BCUT2D eigenvalue weighted by Crippen LogP contribution is 2.31. The van der Waals surface area contributed by atoms with Gasteiger partial charge in [-0.2, -0.15) is 13.2 Å². The molecule has 1 amide bonds. The van der Waals surface area contributed by atoms with Gasteiger partial charge in [-0.05, 0) is 18.6 Å². The molecule has 11 heteroatoms. The summed E-state index contributed by atoms with van der Waals surface area (Å²) in [6, 6.07) is 0.988. The molecular formula is C16H19F3N6O2. The lowest BCUT2D eigenvalue weighted by Crippen LogP contribution is -2.68. The predicted octanol–water partition coefficient (Wildman–Crippen LogP) is 0.279. The number of hydrazine groups is 1. The maximum absolute atomic E-state index is 12.8. The number of morpholine rings is 1. The summed E-state index contributed by atoms with van der Waals surface area (Å²) in [7, 11) is 0. The van der Waals surface area contributed by atoms with Crippen LogP contribution < -0.4 is 21.1 Å². The molecule has 4 rings (SSSR count). The average molecular weight is 384 g/mol. The predicted molar refractivity (Wildman–Crippen MR) is 88.9 cm³/mol. The number of halogens is 3. The van der Waals surface area contributed by atoms with E-state index in [4.69, 9.17) is 4.74 Å². The van der Waals surface area contributed by atoms with Crippen molar-refractivity contribution in [2.45, 2.75) is 25.6 Å². The lowest BCUT2D eigenvalue weighted by atomic mass is 10.1. The maximum Gasteiger partial charge on any atom is 0.433 e. The van der Waals surface area contributed by atoms with E-state index in [-0.39, 0.29) is 12.2 Å². The Kier molecular flexibility index (Phi) is 4.54. The summed E-state index contributed by atoms with van der Waals surface area (Å²) in [5, 5.41) is 7.71. The molecule has 3 N–H and O–H groups in total. The molecule has 0 bridgehead atoms. The number of nitrogens with zero attached hydrogens (tertiary/aromatic N) is 3. The number of ether oxygens (including phenoxy) is 1. The summed E-state index contributed by atoms with van der Waals surface area (Å²) < 4.78 is 43.7. The number of anilines is 1. The highest BCUT2D eigenvalue weighted by Gasteiger charge is 2.39. The second kappa shape index (κ2) is 6.75. The Labute approximate surface area is 153 Å². The van der Waals surface area contributed by atoms with Crippen molar-refractivity contribution in [1.29, 1.82) is 0 Å². The van der Waals surface area contributed by atoms with Gasteiger partial charge in [-0.1, -0.05) is 0 Å². The number of alkyl halides is 3. The fourth-order valence-corrected chi connectivity index (χ4v) is 3.31. The largest absolute Gasteiger partial charge is 0.433 e. The van der Waals surface area contributed by atoms with E-state index in [1.165, 1.54) is 5.01 Å². The van der Waals surface area contributed by atoms with Crippen LogP contribution in [-0.2, 0) is 15.7 Å². The second-order valence-electron chi connectivity index (χ2n) is 6.56. The van der Waals surface area contributed by atoms with Crippen LogP contribution in [0.25, 0.3) is 0 Å². The molecule has 0 saturated carbocycles. The monoisotopic (exact) mass is 384 g/mol. The van der Waals surface area contributed by atoms with Crippen molar-refractivity contribution in [2.24, 2.45) is 0 Å². The number of carbonyl (C=O) groups excluding carboxylic acids is 1. The third-order valence-corrected chi connectivity index (χ3v) is 4.75. The molecular weight excluding hydrogens is 365 g/mol. The smallest absolute Gasteiger partial charge is 0.379 e. The van der Waals surface area contributed by atoms with Crippen LogP contribution in [0.4, 0.5) is 18.9 Å². The van der Waals surface area contributed by atoms with Crippen LogP contribution in [0.2, 0.25) is 0 Å². The highest BCUT2D eigenvalue weighted by molar-refractivity contribution is 5.96. The quantitative estimate of drug-likeness (QED) is 0.676. The zero-order chi connectivity index (χ0) is 19.2. The van der Waals surface area contributed by atoms with Gasteiger partial charge < -0.3 is 10.1 Å². The lowest BCUT2D eigenvalue weighted by Gasteiger charge is -2.40. The molecule has 2 unspecified atom stereocenters. The zero-order valence-corrected chi connectivity index (χ0v) is 14.5. The molecule has 0 radical (unpaired) electrons. The van der Waals surface area contributed by atoms with E-state index in [0.717, 1.165) is 12.3 Å². The minimum Gasteiger partial charge on any atom is -0.379 e. The molecule has 4 heterocycles. The summed E-state index contributed by atoms with van der Waals surface area (Å²) in [4.78, 5) is 18.0. The minimum absolute atomic E-state index is 0.234. The van der Waals surface area contributed by atoms with E-state index in [9.17, 15) is 18.0 Å². The fourth-order valence-electron chi connectivity index (χ4n) is 3.31. The average Bonchev–Trinajstić information content (AvgIpc) is 3.06. The maximum atomic E-state index is 12.8. The van der Waals surface area contributed by atoms with Crippen molar-refractivity contribution < 1.29 is 22.7 Å². The molecule has 2 fully saturated rings. The molecule has 2 atom stereocenters. The van der Waals surface area contributed by atoms with Crippen molar-refractivity contribution in [3.05, 3.63) is 35.3 Å². The van der Waals surface area contributed by atoms with Crippen LogP contribution in [0.3, 0.4) is 0 Å². The van der Waals surface area contributed by atoms with E-state index < -0.39 is 18.0 Å². The van der Waals surface area contributed by atoms with E-state index in [0.29, 0.717) is 43.1 Å². The van der Waals surface area contributed by atoms with Gasteiger partial charge in [0.15, 0.2) is 0 Å². The van der Waals surface area contributed by atoms with Crippen molar-refractivity contribution >= 4 is 11.6 Å². The van der Waals surface area contributed by atoms with Gasteiger partial charge in [-0.25, -0.2) is 10.4 Å². The van der Waals surface area contributed by atoms with Gasteiger partial charge in [-0.3, -0.25) is 20.0 Å². The topological polar surface area (TPSA) is 81.8 Å². The number of aromatic nitrogens is 1. The Hall–Kier alpha value is -2.21. The summed E-state index contributed by atoms with van der Waals surface area (Å²) in [5.41, 5.74) is 3.45. The first-order valence-electron chi connectivity index (χ1n) is 8.52. The van der Waals surface area contributed by atoms with Gasteiger partial charge >= 0.3 is 6.18 Å². The molecule has 3 aliphatic heterocycles. The number of aryl methyl sites for hydroxylation is 1. The first kappa shape index (κ1) is 18.2. The van der Waals surface area contributed by atoms with Crippen LogP contribution >= 0.6 is 0 Å². The Bertz CT molecular complexity index is 778. The molecule has 1 aromatic rings. The lowest BCUT2D eigenvalue weighted by molar-refractivity contribution is -0.141. The van der Waals surface area contributed by atoms with Crippen molar-refractivity contribution in [3.8, 4) is 0 Å². The number of amides is 1. The van der Waals surface area contributed by atoms with E-state index in [2.05, 4.69) is 25.9 Å². The summed E-state index contributed by atoms with van der Waals surface area (Å²) in [6.45, 7) is 4.14. The van der Waals surface area contributed by atoms with E-state index >= 15 is 0 Å². The van der Waals surface area contributed by atoms with Gasteiger partial charge in [0, 0.05) is 19.3 Å². The van der Waals surface area contributed by atoms with Crippen molar-refractivity contribution in [1.82, 2.24) is 25.9 Å². The molecule has 0 aliphatic carbocycles. The molecule has 3 aliphatic rings. The summed E-state index contributed by atoms with van der Waals surface area (Å²) in [5.74, 6) is -0.234. The van der Waals surface area contributed by atoms with Gasteiger partial charge in [0.05, 0.1) is 30.7 Å². The molecule has 0 aromatic carbocycles. The van der Waals surface area contributed by atoms with Crippen molar-refractivity contribution in [2.75, 3.05) is 31.3 Å². The van der Waals surface area contributed by atoms with Gasteiger partial charge in [0.1, 0.15) is 18.1 Å². The summed E-state index contributed by atoms with van der Waals surface area (Å²) >= 11 is 0. The highest BCUT2D eigenvalue weighted by atomic mass is 19.4. The van der Waals surface area contributed by atoms with Gasteiger partial charge in [0.2, 0.25) is 0 Å². The molecule has 1 aromatic heterocycles. The van der Waals surface area contributed by atoms with Crippen LogP contribution in [-0.4, -0.2) is 54.5 Å². The number of nitrogens with one attached hydrogen (secondary N) is 3. The van der Waals surface area contributed by atoms with Crippen molar-refractivity contribution in [3.63, 3.8) is 0 Å². The van der Waals surface area contributed by atoms with Gasteiger partial charge in [-0.15, -0.1) is 0 Å². The fraction of sp³-hybridized carbons (Fsp3) is 0.500. The summed E-state index contributed by atoms with van der Waals surface area (Å²) in [6.07, 6.45) is -2.58. The molecule has 2 saturated heterocycles. The third kappa shape index (κ3) is 3.50. The number of pyridine rings is 1. The number of hydrogen-bond donors (Lipinski definition) is 3. The third-order valence-electron chi connectivity index (χ3n) is 4.75. The number of fused-ring (bicyclic) bond motifs is 1. The number of hydrogen-bond acceptors (Lipinski definition) is 7. The van der Waals surface area contributed by atoms with Crippen LogP contribution in [0.1, 0.15) is 11.3 Å². The Morgan fingerprint density at radius 3 is 2.70 bits per heavy atom. The first-order valence-corrected chi connectivity index (χ1v) is 8.52. The molecule has 0 spiro atoms. The SMILES string of the molecule is Cc1cc(C(F)(F)F)ncc1N1C=C2C(=O)NC(N3CCOCC3)NC2N1. The normalized spacial score (nSPS) is 26.6. The number of rotatable bonds is 2. The zero-order valence-electron chi connectivity index (χ0n) is 14.5. The van der Waals surface area contributed by atoms with Crippen LogP contribution in [0.5, 0.6) is 0 Å². The van der Waals surface area contributed by atoms with E-state index in [1.54, 1.807) is 13.1 Å². The molecule has 8 nitrogen and oxygen atoms in total. The molecule has 146 valence electrons. The Morgan fingerprint density at radius 1 is 1.30 bits per heavy atom. The van der Waals surface area contributed by atoms with Crippen LogP contribution in [0, 0.1) is 6.92 Å².